The number of imidazole rings is 1. The molecule has 3 rings (SSSR count). The van der Waals surface area contributed by atoms with Crippen LogP contribution in [-0.2, 0) is 22.4 Å². The van der Waals surface area contributed by atoms with Gasteiger partial charge in [-0.2, -0.15) is 26.3 Å². The zero-order valence-corrected chi connectivity index (χ0v) is 20.7. The van der Waals surface area contributed by atoms with E-state index in [1.165, 1.54) is 0 Å². The highest BCUT2D eigenvalue weighted by molar-refractivity contribution is 5.95. The van der Waals surface area contributed by atoms with Gasteiger partial charge >= 0.3 is 24.3 Å². The van der Waals surface area contributed by atoms with Crippen LogP contribution in [0, 0.1) is 5.41 Å². The normalized spacial score (nSPS) is 10.9. The molecule has 17 heteroatoms. The first-order valence-electron chi connectivity index (χ1n) is 11.0. The van der Waals surface area contributed by atoms with Crippen molar-refractivity contribution in [3.05, 3.63) is 71.2 Å². The van der Waals surface area contributed by atoms with Gasteiger partial charge in [0.2, 0.25) is 5.91 Å². The van der Waals surface area contributed by atoms with Crippen molar-refractivity contribution >= 4 is 23.7 Å². The van der Waals surface area contributed by atoms with Gasteiger partial charge in [-0.1, -0.05) is 6.07 Å². The van der Waals surface area contributed by atoms with E-state index in [4.69, 9.17) is 36.7 Å². The van der Waals surface area contributed by atoms with E-state index in [0.717, 1.165) is 16.8 Å². The number of alkyl halides is 6. The molecule has 9 N–H and O–H groups in total. The molecule has 0 radical (unpaired) electrons. The summed E-state index contributed by atoms with van der Waals surface area (Å²) in [6, 6.07) is 10.4. The Labute approximate surface area is 226 Å². The highest BCUT2D eigenvalue weighted by Crippen LogP contribution is 2.24. The number of halogens is 6. The minimum atomic E-state index is -5.08. The molecule has 0 unspecified atom stereocenters. The standard InChI is InChI=1S/C20H21N5O2.2C2HF3O2/c21-19(22)15-5-7-18(26)14(9-15)3-1-2-12-8-13(17-10-24-11-25-17)4-6-16(12)20(23)27;2*3-2(4,5)1(6)7/h4-11,26H,1-3H2,(H3,21,22)(H2,23,27)(H,24,25);2*(H,6,7). The number of carbonyl (C=O) groups is 3. The van der Waals surface area contributed by atoms with Crippen LogP contribution in [0.5, 0.6) is 5.75 Å². The van der Waals surface area contributed by atoms with Gasteiger partial charge in [-0.15, -0.1) is 0 Å². The summed E-state index contributed by atoms with van der Waals surface area (Å²) in [6.07, 6.45) is -4.96. The molecule has 0 saturated heterocycles. The minimum Gasteiger partial charge on any atom is -0.508 e. The van der Waals surface area contributed by atoms with Crippen molar-refractivity contribution in [1.82, 2.24) is 9.97 Å². The first-order chi connectivity index (χ1) is 18.8. The van der Waals surface area contributed by atoms with Crippen LogP contribution in [0.15, 0.2) is 48.9 Å². The molecule has 0 spiro atoms. The predicted molar refractivity (Wildman–Crippen MR) is 131 cm³/mol. The number of phenolic OH excluding ortho intramolecular Hbond substituents is 1. The third kappa shape index (κ3) is 11.3. The van der Waals surface area contributed by atoms with Crippen molar-refractivity contribution in [2.75, 3.05) is 0 Å². The van der Waals surface area contributed by atoms with Gasteiger partial charge in [-0.05, 0) is 66.3 Å². The summed E-state index contributed by atoms with van der Waals surface area (Å²) in [6.45, 7) is 0. The number of benzene rings is 2. The summed E-state index contributed by atoms with van der Waals surface area (Å²) >= 11 is 0. The number of nitrogen functional groups attached to an aromatic ring is 1. The fraction of sp³-hybridized carbons (Fsp3) is 0.208. The second-order valence-corrected chi connectivity index (χ2v) is 7.92. The van der Waals surface area contributed by atoms with Crippen molar-refractivity contribution in [3.8, 4) is 17.0 Å². The molecule has 11 nitrogen and oxygen atoms in total. The highest BCUT2D eigenvalue weighted by Gasteiger charge is 2.38. The number of aromatic amines is 1. The molecular formula is C24H23F6N5O6. The first kappa shape index (κ1) is 33.9. The molecule has 0 saturated carbocycles. The molecule has 41 heavy (non-hydrogen) atoms. The van der Waals surface area contributed by atoms with E-state index in [0.29, 0.717) is 36.0 Å². The van der Waals surface area contributed by atoms with Crippen LogP contribution < -0.4 is 11.5 Å². The maximum Gasteiger partial charge on any atom is 0.490 e. The number of carboxylic acids is 2. The number of carbonyl (C=O) groups excluding carboxylic acids is 1. The van der Waals surface area contributed by atoms with E-state index in [2.05, 4.69) is 9.97 Å². The van der Waals surface area contributed by atoms with Gasteiger partial charge in [0.05, 0.1) is 18.2 Å². The van der Waals surface area contributed by atoms with Crippen LogP contribution in [-0.4, -0.2) is 61.3 Å². The van der Waals surface area contributed by atoms with E-state index in [-0.39, 0.29) is 11.6 Å². The number of amidine groups is 1. The van der Waals surface area contributed by atoms with Gasteiger partial charge in [0, 0.05) is 11.1 Å². The number of nitrogens with one attached hydrogen (secondary N) is 2. The number of aryl methyl sites for hydroxylation is 2. The van der Waals surface area contributed by atoms with Gasteiger partial charge in [-0.3, -0.25) is 10.2 Å². The van der Waals surface area contributed by atoms with E-state index in [1.54, 1.807) is 36.8 Å². The number of amides is 1. The lowest BCUT2D eigenvalue weighted by Crippen LogP contribution is -2.21. The van der Waals surface area contributed by atoms with E-state index >= 15 is 0 Å². The molecule has 0 aliphatic heterocycles. The number of carboxylic acid groups (broad SMARTS) is 2. The molecule has 0 fully saturated rings. The van der Waals surface area contributed by atoms with Crippen molar-refractivity contribution in [1.29, 1.82) is 5.41 Å². The first-order valence-corrected chi connectivity index (χ1v) is 11.0. The maximum atomic E-state index is 11.8. The third-order valence-corrected chi connectivity index (χ3v) is 4.95. The zero-order chi connectivity index (χ0) is 31.5. The Morgan fingerprint density at radius 2 is 1.41 bits per heavy atom. The molecule has 1 aromatic heterocycles. The van der Waals surface area contributed by atoms with Crippen molar-refractivity contribution in [2.24, 2.45) is 11.5 Å². The smallest absolute Gasteiger partial charge is 0.490 e. The number of primary amides is 1. The summed E-state index contributed by atoms with van der Waals surface area (Å²) in [5, 5.41) is 31.8. The van der Waals surface area contributed by atoms with Crippen LogP contribution in [0.1, 0.15) is 33.5 Å². The van der Waals surface area contributed by atoms with Crippen LogP contribution in [0.3, 0.4) is 0 Å². The Kier molecular flexibility index (Phi) is 11.9. The molecule has 1 amide bonds. The molecule has 1 heterocycles. The number of rotatable bonds is 7. The van der Waals surface area contributed by atoms with Gasteiger partial charge in [0.1, 0.15) is 11.6 Å². The fourth-order valence-electron chi connectivity index (χ4n) is 3.04. The van der Waals surface area contributed by atoms with Gasteiger partial charge in [0.15, 0.2) is 0 Å². The molecule has 0 bridgehead atoms. The lowest BCUT2D eigenvalue weighted by atomic mass is 9.96. The number of hydrogen-bond donors (Lipinski definition) is 7. The summed E-state index contributed by atoms with van der Waals surface area (Å²) < 4.78 is 63.5. The molecule has 0 aliphatic carbocycles. The van der Waals surface area contributed by atoms with Crippen LogP contribution in [0.25, 0.3) is 11.3 Å². The SMILES string of the molecule is N=C(N)c1ccc(O)c(CCCc2cc(-c3cnc[nH]3)ccc2C(N)=O)c1.O=C(O)C(F)(F)F.O=C(O)C(F)(F)F. The number of aliphatic carboxylic acids is 2. The number of nitrogens with two attached hydrogens (primary N) is 2. The Balaban J connectivity index is 0.000000497. The van der Waals surface area contributed by atoms with E-state index in [1.807, 2.05) is 12.1 Å². The van der Waals surface area contributed by atoms with Gasteiger partial charge in [0.25, 0.3) is 0 Å². The second kappa shape index (κ2) is 14.3. The van der Waals surface area contributed by atoms with Crippen molar-refractivity contribution in [2.45, 2.75) is 31.6 Å². The average molecular weight is 591 g/mol. The zero-order valence-electron chi connectivity index (χ0n) is 20.7. The van der Waals surface area contributed by atoms with Crippen LogP contribution in [0.2, 0.25) is 0 Å². The molecule has 3 aromatic rings. The number of aromatic nitrogens is 2. The Hall–Kier alpha value is -5.09. The van der Waals surface area contributed by atoms with Gasteiger partial charge < -0.3 is 31.8 Å². The number of H-pyrrole nitrogens is 1. The van der Waals surface area contributed by atoms with Crippen LogP contribution in [0.4, 0.5) is 26.3 Å². The lowest BCUT2D eigenvalue weighted by Gasteiger charge is -2.11. The molecule has 222 valence electrons. The highest BCUT2D eigenvalue weighted by atomic mass is 19.4. The number of nitrogens with zero attached hydrogens (tertiary/aromatic N) is 1. The monoisotopic (exact) mass is 591 g/mol. The van der Waals surface area contributed by atoms with Crippen molar-refractivity contribution in [3.63, 3.8) is 0 Å². The third-order valence-electron chi connectivity index (χ3n) is 4.95. The Bertz CT molecular complexity index is 1350. The van der Waals surface area contributed by atoms with E-state index < -0.39 is 30.2 Å². The number of hydrogen-bond acceptors (Lipinski definition) is 6. The minimum absolute atomic E-state index is 0.0421. The quantitative estimate of drug-likeness (QED) is 0.122. The lowest BCUT2D eigenvalue weighted by molar-refractivity contribution is -0.193. The molecule has 0 aliphatic rings. The molecular weight excluding hydrogens is 568 g/mol. The summed E-state index contributed by atoms with van der Waals surface area (Å²) in [7, 11) is 0. The number of phenols is 1. The van der Waals surface area contributed by atoms with Gasteiger partial charge in [-0.25, -0.2) is 14.6 Å². The maximum absolute atomic E-state index is 11.8. The molecule has 0 atom stereocenters. The largest absolute Gasteiger partial charge is 0.508 e. The topological polar surface area (TPSA) is 216 Å². The fourth-order valence-corrected chi connectivity index (χ4v) is 3.04. The van der Waals surface area contributed by atoms with E-state index in [9.17, 15) is 36.2 Å². The predicted octanol–water partition coefficient (Wildman–Crippen LogP) is 3.61. The second-order valence-electron chi connectivity index (χ2n) is 7.92. The summed E-state index contributed by atoms with van der Waals surface area (Å²) in [5.74, 6) is -5.86. The summed E-state index contributed by atoms with van der Waals surface area (Å²) in [4.78, 5) is 36.6. The van der Waals surface area contributed by atoms with Crippen molar-refractivity contribution < 1.29 is 56.0 Å². The molecule has 2 aromatic carbocycles. The van der Waals surface area contributed by atoms with Crippen LogP contribution >= 0.6 is 0 Å². The summed E-state index contributed by atoms with van der Waals surface area (Å²) in [5.41, 5.74) is 15.4. The Morgan fingerprint density at radius 1 is 0.878 bits per heavy atom. The average Bonchev–Trinajstić information content (AvgIpc) is 3.39. The number of aromatic hydroxyl groups is 1. The Morgan fingerprint density at radius 3 is 1.85 bits per heavy atom.